The van der Waals surface area contributed by atoms with E-state index in [-0.39, 0.29) is 5.91 Å². The molecule has 28 heavy (non-hydrogen) atoms. The lowest BCUT2D eigenvalue weighted by molar-refractivity contribution is -0.131. The van der Waals surface area contributed by atoms with E-state index < -0.39 is 6.10 Å². The van der Waals surface area contributed by atoms with Gasteiger partial charge in [-0.3, -0.25) is 4.79 Å². The number of oxime groups is 1. The topological polar surface area (TPSA) is 81.4 Å². The summed E-state index contributed by atoms with van der Waals surface area (Å²) in [6.07, 6.45) is 3.27. The van der Waals surface area contributed by atoms with Crippen molar-refractivity contribution in [3.05, 3.63) is 78.1 Å². The van der Waals surface area contributed by atoms with E-state index in [9.17, 15) is 4.79 Å². The number of nitrogens with one attached hydrogen (secondary N) is 1. The van der Waals surface area contributed by atoms with Crippen LogP contribution in [0.25, 0.3) is 5.69 Å². The Morgan fingerprint density at radius 3 is 2.61 bits per heavy atom. The number of carbonyl (C=O) groups excluding carboxylic acids is 1. The number of amides is 1. The van der Waals surface area contributed by atoms with Crippen molar-refractivity contribution >= 4 is 11.6 Å². The number of nitrogens with zero attached hydrogens (tertiary/aromatic N) is 4. The molecule has 0 spiro atoms. The first-order chi connectivity index (χ1) is 13.8. The molecule has 0 aliphatic carbocycles. The SMILES string of the molecule is O=C(NCc1cnn(-c2ccccc2)n1)C1CC(CCc2ccccc2)=NO1. The summed E-state index contributed by atoms with van der Waals surface area (Å²) in [4.78, 5) is 19.2. The van der Waals surface area contributed by atoms with Gasteiger partial charge in [0, 0.05) is 6.42 Å². The lowest BCUT2D eigenvalue weighted by Gasteiger charge is -2.08. The number of aryl methyl sites for hydroxylation is 1. The molecule has 1 unspecified atom stereocenters. The van der Waals surface area contributed by atoms with Gasteiger partial charge in [-0.25, -0.2) is 0 Å². The average Bonchev–Trinajstić information content (AvgIpc) is 3.42. The largest absolute Gasteiger partial charge is 0.382 e. The fraction of sp³-hybridized carbons (Fsp3) is 0.238. The summed E-state index contributed by atoms with van der Waals surface area (Å²) in [5, 5.41) is 15.5. The van der Waals surface area contributed by atoms with Gasteiger partial charge in [0.05, 0.1) is 24.1 Å². The highest BCUT2D eigenvalue weighted by molar-refractivity contribution is 5.92. The van der Waals surface area contributed by atoms with Gasteiger partial charge in [0.2, 0.25) is 6.10 Å². The summed E-state index contributed by atoms with van der Waals surface area (Å²) < 4.78 is 0. The van der Waals surface area contributed by atoms with Crippen LogP contribution in [0.3, 0.4) is 0 Å². The molecule has 1 aromatic heterocycles. The summed E-state index contributed by atoms with van der Waals surface area (Å²) >= 11 is 0. The maximum absolute atomic E-state index is 12.4. The van der Waals surface area contributed by atoms with E-state index >= 15 is 0 Å². The van der Waals surface area contributed by atoms with Crippen LogP contribution in [0.15, 0.2) is 72.0 Å². The van der Waals surface area contributed by atoms with Crippen molar-refractivity contribution in [3.63, 3.8) is 0 Å². The zero-order valence-corrected chi connectivity index (χ0v) is 15.4. The first-order valence-corrected chi connectivity index (χ1v) is 9.28. The third-order valence-electron chi connectivity index (χ3n) is 4.54. The fourth-order valence-corrected chi connectivity index (χ4v) is 3.00. The van der Waals surface area contributed by atoms with Gasteiger partial charge in [0.25, 0.3) is 5.91 Å². The Morgan fingerprint density at radius 1 is 1.07 bits per heavy atom. The number of aromatic nitrogens is 3. The standard InChI is InChI=1S/C21H21N5O2/c27-21(20-13-17(25-28-20)12-11-16-7-3-1-4-8-16)22-14-18-15-23-26(24-18)19-9-5-2-6-10-19/h1-10,15,20H,11-14H2,(H,22,27). The second-order valence-corrected chi connectivity index (χ2v) is 6.62. The van der Waals surface area contributed by atoms with Crippen LogP contribution >= 0.6 is 0 Å². The van der Waals surface area contributed by atoms with Gasteiger partial charge in [0.1, 0.15) is 5.69 Å². The minimum absolute atomic E-state index is 0.187. The van der Waals surface area contributed by atoms with Crippen LogP contribution in [0, 0.1) is 0 Å². The molecular formula is C21H21N5O2. The van der Waals surface area contributed by atoms with Crippen LogP contribution in [-0.2, 0) is 22.6 Å². The van der Waals surface area contributed by atoms with Gasteiger partial charge in [0.15, 0.2) is 0 Å². The van der Waals surface area contributed by atoms with E-state index in [4.69, 9.17) is 4.84 Å². The van der Waals surface area contributed by atoms with Gasteiger partial charge >= 0.3 is 0 Å². The summed E-state index contributed by atoms with van der Waals surface area (Å²) in [5.41, 5.74) is 3.72. The zero-order chi connectivity index (χ0) is 19.2. The van der Waals surface area contributed by atoms with E-state index in [1.165, 1.54) is 5.56 Å². The number of benzene rings is 2. The predicted molar refractivity (Wildman–Crippen MR) is 105 cm³/mol. The number of para-hydroxylation sites is 1. The highest BCUT2D eigenvalue weighted by atomic mass is 16.6. The molecule has 7 heteroatoms. The second-order valence-electron chi connectivity index (χ2n) is 6.62. The van der Waals surface area contributed by atoms with Crippen LogP contribution in [0.1, 0.15) is 24.1 Å². The van der Waals surface area contributed by atoms with E-state index in [1.807, 2.05) is 48.5 Å². The molecule has 4 rings (SSSR count). The number of carbonyl (C=O) groups is 1. The molecule has 0 bridgehead atoms. The molecule has 1 atom stereocenters. The van der Waals surface area contributed by atoms with Crippen LogP contribution in [-0.4, -0.2) is 32.7 Å². The van der Waals surface area contributed by atoms with Gasteiger partial charge in [-0.2, -0.15) is 15.0 Å². The van der Waals surface area contributed by atoms with Gasteiger partial charge in [-0.05, 0) is 30.5 Å². The molecule has 2 aromatic carbocycles. The van der Waals surface area contributed by atoms with Crippen LogP contribution in [0.4, 0.5) is 0 Å². The first kappa shape index (κ1) is 17.9. The predicted octanol–water partition coefficient (Wildman–Crippen LogP) is 2.66. The lowest BCUT2D eigenvalue weighted by atomic mass is 10.0. The Hall–Kier alpha value is -3.48. The van der Waals surface area contributed by atoms with Crippen LogP contribution in [0.5, 0.6) is 0 Å². The number of hydrogen-bond donors (Lipinski definition) is 1. The Morgan fingerprint density at radius 2 is 1.82 bits per heavy atom. The van der Waals surface area contributed by atoms with Crippen molar-refractivity contribution in [1.29, 1.82) is 0 Å². The molecule has 1 aliphatic heterocycles. The summed E-state index contributed by atoms with van der Waals surface area (Å²) in [6.45, 7) is 0.297. The normalized spacial score (nSPS) is 15.7. The molecule has 0 fully saturated rings. The molecule has 3 aromatic rings. The average molecular weight is 375 g/mol. The van der Waals surface area contributed by atoms with E-state index in [0.717, 1.165) is 24.2 Å². The lowest BCUT2D eigenvalue weighted by Crippen LogP contribution is -2.34. The minimum Gasteiger partial charge on any atom is -0.382 e. The molecule has 0 saturated carbocycles. The van der Waals surface area contributed by atoms with Gasteiger partial charge in [-0.1, -0.05) is 53.7 Å². The monoisotopic (exact) mass is 375 g/mol. The molecule has 2 heterocycles. The third-order valence-corrected chi connectivity index (χ3v) is 4.54. The Bertz CT molecular complexity index is 953. The minimum atomic E-state index is -0.574. The molecule has 0 saturated heterocycles. The fourth-order valence-electron chi connectivity index (χ4n) is 3.00. The Kier molecular flexibility index (Phi) is 5.42. The molecule has 142 valence electrons. The second kappa shape index (κ2) is 8.47. The molecule has 1 N–H and O–H groups in total. The highest BCUT2D eigenvalue weighted by Gasteiger charge is 2.27. The summed E-state index contributed by atoms with van der Waals surface area (Å²) in [6, 6.07) is 19.8. The highest BCUT2D eigenvalue weighted by Crippen LogP contribution is 2.15. The van der Waals surface area contributed by atoms with Crippen molar-refractivity contribution in [2.75, 3.05) is 0 Å². The van der Waals surface area contributed by atoms with E-state index in [0.29, 0.717) is 18.7 Å². The van der Waals surface area contributed by atoms with Gasteiger partial charge < -0.3 is 10.2 Å². The Balaban J connectivity index is 1.23. The summed E-state index contributed by atoms with van der Waals surface area (Å²) in [5.74, 6) is -0.187. The number of rotatable bonds is 7. The van der Waals surface area contributed by atoms with Crippen molar-refractivity contribution in [2.45, 2.75) is 31.9 Å². The van der Waals surface area contributed by atoms with Crippen molar-refractivity contribution in [3.8, 4) is 5.69 Å². The summed E-state index contributed by atoms with van der Waals surface area (Å²) in [7, 11) is 0. The van der Waals surface area contributed by atoms with E-state index in [2.05, 4.69) is 32.8 Å². The van der Waals surface area contributed by atoms with Crippen molar-refractivity contribution < 1.29 is 9.63 Å². The zero-order valence-electron chi connectivity index (χ0n) is 15.4. The van der Waals surface area contributed by atoms with Crippen molar-refractivity contribution in [2.24, 2.45) is 5.16 Å². The quantitative estimate of drug-likeness (QED) is 0.688. The third kappa shape index (κ3) is 4.43. The molecule has 1 aliphatic rings. The van der Waals surface area contributed by atoms with Crippen LogP contribution in [0.2, 0.25) is 0 Å². The maximum atomic E-state index is 12.4. The van der Waals surface area contributed by atoms with Crippen LogP contribution < -0.4 is 5.32 Å². The molecule has 0 radical (unpaired) electrons. The van der Waals surface area contributed by atoms with Gasteiger partial charge in [-0.15, -0.1) is 0 Å². The molecular weight excluding hydrogens is 354 g/mol. The van der Waals surface area contributed by atoms with E-state index in [1.54, 1.807) is 11.0 Å². The van der Waals surface area contributed by atoms with Crippen molar-refractivity contribution in [1.82, 2.24) is 20.3 Å². The molecule has 7 nitrogen and oxygen atoms in total. The smallest absolute Gasteiger partial charge is 0.264 e. The molecule has 1 amide bonds. The number of hydrogen-bond acceptors (Lipinski definition) is 5. The Labute approximate surface area is 163 Å². The maximum Gasteiger partial charge on any atom is 0.264 e. The first-order valence-electron chi connectivity index (χ1n) is 9.28.